The summed E-state index contributed by atoms with van der Waals surface area (Å²) in [7, 11) is 0. The van der Waals surface area contributed by atoms with Crippen LogP contribution >= 0.6 is 11.6 Å². The van der Waals surface area contributed by atoms with E-state index in [4.69, 9.17) is 21.1 Å². The number of phenolic OH excluding ortho intramolecular Hbond substituents is 1. The van der Waals surface area contributed by atoms with Gasteiger partial charge in [0.15, 0.2) is 11.5 Å². The molecule has 3 rings (SSSR count). The average molecular weight is 319 g/mol. The van der Waals surface area contributed by atoms with Gasteiger partial charge in [0, 0.05) is 11.1 Å². The Balaban J connectivity index is 1.71. The van der Waals surface area contributed by atoms with E-state index in [0.717, 1.165) is 0 Å². The molecule has 0 bridgehead atoms. The Morgan fingerprint density at radius 1 is 1.32 bits per heavy atom. The number of hydrogen-bond donors (Lipinski definition) is 2. The van der Waals surface area contributed by atoms with Crippen LogP contribution in [0.5, 0.6) is 17.2 Å². The zero-order chi connectivity index (χ0) is 15.5. The highest BCUT2D eigenvalue weighted by atomic mass is 35.5. The Hall–Kier alpha value is -2.73. The first-order valence-electron chi connectivity index (χ1n) is 6.35. The Bertz CT molecular complexity index is 761. The lowest BCUT2D eigenvalue weighted by atomic mass is 10.2. The van der Waals surface area contributed by atoms with Crippen LogP contribution in [0.15, 0.2) is 41.5 Å². The van der Waals surface area contributed by atoms with Crippen LogP contribution in [0.2, 0.25) is 5.02 Å². The third kappa shape index (κ3) is 2.82. The topological polar surface area (TPSA) is 80.2 Å². The molecule has 1 amide bonds. The van der Waals surface area contributed by atoms with Crippen molar-refractivity contribution in [1.82, 2.24) is 5.43 Å². The van der Waals surface area contributed by atoms with E-state index in [2.05, 4.69) is 10.5 Å². The molecule has 0 radical (unpaired) electrons. The third-order valence-corrected chi connectivity index (χ3v) is 3.31. The van der Waals surface area contributed by atoms with Crippen molar-refractivity contribution in [2.45, 2.75) is 0 Å². The highest BCUT2D eigenvalue weighted by Crippen LogP contribution is 2.34. The molecule has 2 aromatic carbocycles. The van der Waals surface area contributed by atoms with Gasteiger partial charge in [-0.2, -0.15) is 5.10 Å². The van der Waals surface area contributed by atoms with E-state index in [0.29, 0.717) is 17.1 Å². The highest BCUT2D eigenvalue weighted by molar-refractivity contribution is 6.32. The molecule has 0 saturated carbocycles. The van der Waals surface area contributed by atoms with Gasteiger partial charge in [-0.1, -0.05) is 17.7 Å². The largest absolute Gasteiger partial charge is 0.506 e. The first-order valence-corrected chi connectivity index (χ1v) is 6.73. The Labute approximate surface area is 130 Å². The van der Waals surface area contributed by atoms with Gasteiger partial charge in [-0.3, -0.25) is 4.79 Å². The van der Waals surface area contributed by atoms with Crippen molar-refractivity contribution in [3.63, 3.8) is 0 Å². The summed E-state index contributed by atoms with van der Waals surface area (Å²) in [4.78, 5) is 11.9. The first-order chi connectivity index (χ1) is 10.6. The number of para-hydroxylation sites is 1. The van der Waals surface area contributed by atoms with Gasteiger partial charge >= 0.3 is 0 Å². The first kappa shape index (κ1) is 14.2. The van der Waals surface area contributed by atoms with E-state index in [1.54, 1.807) is 18.2 Å². The number of nitrogens with zero attached hydrogens (tertiary/aromatic N) is 1. The fourth-order valence-electron chi connectivity index (χ4n) is 1.93. The molecule has 1 aliphatic rings. The number of ether oxygens (including phenoxy) is 2. The minimum Gasteiger partial charge on any atom is -0.506 e. The standard InChI is InChI=1S/C15H11ClN2O4/c16-11-6-9(4-5-12(11)19)15(20)18-17-7-10-2-1-3-13-14(10)22-8-21-13/h1-7,19H,8H2,(H,18,20)/b17-7+. The van der Waals surface area contributed by atoms with Crippen molar-refractivity contribution in [2.24, 2.45) is 5.10 Å². The van der Waals surface area contributed by atoms with Crippen LogP contribution in [0, 0.1) is 0 Å². The summed E-state index contributed by atoms with van der Waals surface area (Å²) in [6.45, 7) is 0.165. The number of fused-ring (bicyclic) bond motifs is 1. The maximum absolute atomic E-state index is 11.9. The van der Waals surface area contributed by atoms with E-state index in [1.807, 2.05) is 0 Å². The van der Waals surface area contributed by atoms with Crippen LogP contribution in [0.3, 0.4) is 0 Å². The summed E-state index contributed by atoms with van der Waals surface area (Å²) in [6.07, 6.45) is 1.47. The molecular formula is C15H11ClN2O4. The summed E-state index contributed by atoms with van der Waals surface area (Å²) in [5.41, 5.74) is 3.36. The lowest BCUT2D eigenvalue weighted by Crippen LogP contribution is -2.17. The SMILES string of the molecule is O=C(N/N=C/c1cccc2c1OCO2)c1ccc(O)c(Cl)c1. The van der Waals surface area contributed by atoms with Crippen molar-refractivity contribution < 1.29 is 19.4 Å². The van der Waals surface area contributed by atoms with Gasteiger partial charge < -0.3 is 14.6 Å². The number of nitrogens with one attached hydrogen (secondary N) is 1. The summed E-state index contributed by atoms with van der Waals surface area (Å²) in [5, 5.41) is 13.3. The number of carbonyl (C=O) groups is 1. The van der Waals surface area contributed by atoms with Crippen molar-refractivity contribution in [2.75, 3.05) is 6.79 Å². The molecule has 1 aliphatic heterocycles. The molecule has 0 spiro atoms. The normalized spacial score (nSPS) is 12.6. The molecule has 0 aromatic heterocycles. The fraction of sp³-hybridized carbons (Fsp3) is 0.0667. The predicted molar refractivity (Wildman–Crippen MR) is 80.7 cm³/mol. The van der Waals surface area contributed by atoms with E-state index in [9.17, 15) is 9.90 Å². The van der Waals surface area contributed by atoms with Crippen LogP contribution in [0.1, 0.15) is 15.9 Å². The van der Waals surface area contributed by atoms with Crippen molar-refractivity contribution in [1.29, 1.82) is 0 Å². The molecule has 0 saturated heterocycles. The van der Waals surface area contributed by atoms with Crippen LogP contribution in [-0.2, 0) is 0 Å². The van der Waals surface area contributed by atoms with E-state index >= 15 is 0 Å². The molecule has 0 fully saturated rings. The number of amides is 1. The predicted octanol–water partition coefficient (Wildman–Crippen LogP) is 2.54. The minimum atomic E-state index is -0.442. The van der Waals surface area contributed by atoms with Gasteiger partial charge in [-0.25, -0.2) is 5.43 Å². The molecule has 2 aromatic rings. The molecule has 0 atom stereocenters. The smallest absolute Gasteiger partial charge is 0.271 e. The number of hydrazone groups is 1. The van der Waals surface area contributed by atoms with Crippen LogP contribution < -0.4 is 14.9 Å². The van der Waals surface area contributed by atoms with Gasteiger partial charge in [0.25, 0.3) is 5.91 Å². The second-order valence-electron chi connectivity index (χ2n) is 4.45. The lowest BCUT2D eigenvalue weighted by molar-refractivity contribution is 0.0955. The number of benzene rings is 2. The molecule has 2 N–H and O–H groups in total. The third-order valence-electron chi connectivity index (χ3n) is 3.01. The number of halogens is 1. The zero-order valence-electron chi connectivity index (χ0n) is 11.2. The molecule has 0 aliphatic carbocycles. The summed E-state index contributed by atoms with van der Waals surface area (Å²) >= 11 is 5.75. The molecule has 7 heteroatoms. The van der Waals surface area contributed by atoms with Crippen LogP contribution in [0.4, 0.5) is 0 Å². The van der Waals surface area contributed by atoms with Crippen molar-refractivity contribution in [3.05, 3.63) is 52.5 Å². The monoisotopic (exact) mass is 318 g/mol. The Morgan fingerprint density at radius 2 is 2.18 bits per heavy atom. The number of rotatable bonds is 3. The van der Waals surface area contributed by atoms with E-state index < -0.39 is 5.91 Å². The Kier molecular flexibility index (Phi) is 3.84. The second-order valence-corrected chi connectivity index (χ2v) is 4.85. The zero-order valence-corrected chi connectivity index (χ0v) is 12.0. The minimum absolute atomic E-state index is 0.0845. The highest BCUT2D eigenvalue weighted by Gasteiger charge is 2.16. The second kappa shape index (κ2) is 5.95. The fourth-order valence-corrected chi connectivity index (χ4v) is 2.11. The summed E-state index contributed by atoms with van der Waals surface area (Å²) < 4.78 is 10.6. The van der Waals surface area contributed by atoms with Gasteiger partial charge in [-0.15, -0.1) is 0 Å². The average Bonchev–Trinajstić information content (AvgIpc) is 2.99. The molecule has 0 unspecified atom stereocenters. The maximum atomic E-state index is 11.9. The van der Waals surface area contributed by atoms with Gasteiger partial charge in [0.2, 0.25) is 6.79 Å². The molecule has 22 heavy (non-hydrogen) atoms. The summed E-state index contributed by atoms with van der Waals surface area (Å²) in [5.74, 6) is 0.704. The van der Waals surface area contributed by atoms with E-state index in [1.165, 1.54) is 24.4 Å². The number of phenols is 1. The van der Waals surface area contributed by atoms with Crippen molar-refractivity contribution >= 4 is 23.7 Å². The van der Waals surface area contributed by atoms with E-state index in [-0.39, 0.29) is 23.1 Å². The molecule has 6 nitrogen and oxygen atoms in total. The molecular weight excluding hydrogens is 308 g/mol. The maximum Gasteiger partial charge on any atom is 0.271 e. The van der Waals surface area contributed by atoms with Crippen LogP contribution in [-0.4, -0.2) is 24.0 Å². The molecule has 112 valence electrons. The van der Waals surface area contributed by atoms with Crippen LogP contribution in [0.25, 0.3) is 0 Å². The Morgan fingerprint density at radius 3 is 3.00 bits per heavy atom. The summed E-state index contributed by atoms with van der Waals surface area (Å²) in [6, 6.07) is 9.53. The lowest BCUT2D eigenvalue weighted by Gasteiger charge is -2.02. The number of carbonyl (C=O) groups excluding carboxylic acids is 1. The van der Waals surface area contributed by atoms with Gasteiger partial charge in [0.05, 0.1) is 11.2 Å². The van der Waals surface area contributed by atoms with Gasteiger partial charge in [-0.05, 0) is 30.3 Å². The molecule has 1 heterocycles. The van der Waals surface area contributed by atoms with Gasteiger partial charge in [0.1, 0.15) is 5.75 Å². The number of aromatic hydroxyl groups is 1. The number of hydrogen-bond acceptors (Lipinski definition) is 5. The quantitative estimate of drug-likeness (QED) is 0.673. The van der Waals surface area contributed by atoms with Crippen molar-refractivity contribution in [3.8, 4) is 17.2 Å².